The Bertz CT molecular complexity index is 965. The van der Waals surface area contributed by atoms with Gasteiger partial charge in [-0.15, -0.1) is 0 Å². The molecule has 2 rings (SSSR count). The lowest BCUT2D eigenvalue weighted by Gasteiger charge is -2.33. The number of ketones is 1. The number of ether oxygens (including phenoxy) is 2. The van der Waals surface area contributed by atoms with E-state index in [1.54, 1.807) is 4.90 Å². The van der Waals surface area contributed by atoms with Gasteiger partial charge in [-0.1, -0.05) is 57.0 Å². The van der Waals surface area contributed by atoms with Crippen molar-refractivity contribution in [2.24, 2.45) is 11.8 Å². The maximum Gasteiger partial charge on any atom is 0.308 e. The second-order valence-electron chi connectivity index (χ2n) is 10.4. The molecule has 0 aromatic heterocycles. The molecule has 222 valence electrons. The SMILES string of the molecule is CCC(CC)CCC(=O)N1CCC[C@@H](C(=O)N[C@@H](CC(=O)OCc2ccccc2)C(=O)NCCOCC(C)=O)C1. The van der Waals surface area contributed by atoms with Gasteiger partial charge in [0, 0.05) is 26.1 Å². The number of carbonyl (C=O) groups excluding carboxylic acids is 5. The minimum atomic E-state index is -1.15. The lowest BCUT2D eigenvalue weighted by Crippen LogP contribution is -2.52. The van der Waals surface area contributed by atoms with Crippen LogP contribution in [0.2, 0.25) is 0 Å². The van der Waals surface area contributed by atoms with Crippen LogP contribution in [0.25, 0.3) is 0 Å². The third-order valence-electron chi connectivity index (χ3n) is 7.16. The Morgan fingerprint density at radius 1 is 1.07 bits per heavy atom. The van der Waals surface area contributed by atoms with Crippen molar-refractivity contribution in [1.82, 2.24) is 15.5 Å². The third kappa shape index (κ3) is 12.3. The van der Waals surface area contributed by atoms with E-state index in [-0.39, 0.29) is 50.4 Å². The Labute approximate surface area is 237 Å². The molecule has 1 aromatic rings. The van der Waals surface area contributed by atoms with Crippen LogP contribution in [-0.2, 0) is 40.1 Å². The van der Waals surface area contributed by atoms with E-state index >= 15 is 0 Å². The van der Waals surface area contributed by atoms with E-state index in [4.69, 9.17) is 9.47 Å². The first-order chi connectivity index (χ1) is 19.2. The monoisotopic (exact) mass is 559 g/mol. The second-order valence-corrected chi connectivity index (χ2v) is 10.4. The molecule has 0 aliphatic carbocycles. The van der Waals surface area contributed by atoms with Crippen molar-refractivity contribution in [3.05, 3.63) is 35.9 Å². The van der Waals surface area contributed by atoms with E-state index in [2.05, 4.69) is 24.5 Å². The van der Waals surface area contributed by atoms with E-state index in [1.807, 2.05) is 30.3 Å². The van der Waals surface area contributed by atoms with Gasteiger partial charge in [0.25, 0.3) is 0 Å². The third-order valence-corrected chi connectivity index (χ3v) is 7.16. The summed E-state index contributed by atoms with van der Waals surface area (Å²) in [5.74, 6) is -1.59. The summed E-state index contributed by atoms with van der Waals surface area (Å²) in [5, 5.41) is 5.36. The van der Waals surface area contributed by atoms with Gasteiger partial charge in [-0.05, 0) is 37.7 Å². The number of benzene rings is 1. The van der Waals surface area contributed by atoms with Crippen molar-refractivity contribution >= 4 is 29.5 Å². The van der Waals surface area contributed by atoms with E-state index < -0.39 is 23.8 Å². The zero-order valence-corrected chi connectivity index (χ0v) is 24.1. The highest BCUT2D eigenvalue weighted by molar-refractivity contribution is 5.91. The lowest BCUT2D eigenvalue weighted by atomic mass is 9.94. The molecule has 1 fully saturated rings. The fraction of sp³-hybridized carbons (Fsp3) is 0.633. The Hall–Kier alpha value is -3.27. The minimum absolute atomic E-state index is 0.0498. The van der Waals surface area contributed by atoms with Gasteiger partial charge < -0.3 is 25.0 Å². The largest absolute Gasteiger partial charge is 0.461 e. The first kappa shape index (κ1) is 32.9. The molecule has 10 nitrogen and oxygen atoms in total. The highest BCUT2D eigenvalue weighted by Gasteiger charge is 2.32. The highest BCUT2D eigenvalue weighted by Crippen LogP contribution is 2.21. The Morgan fingerprint density at radius 2 is 1.80 bits per heavy atom. The summed E-state index contributed by atoms with van der Waals surface area (Å²) in [6.07, 6.45) is 4.31. The van der Waals surface area contributed by atoms with Gasteiger partial charge in [0.1, 0.15) is 19.3 Å². The van der Waals surface area contributed by atoms with Crippen LogP contribution in [0.4, 0.5) is 0 Å². The number of Topliss-reactive ketones (excluding diaryl/α,β-unsaturated/α-hetero) is 1. The Morgan fingerprint density at radius 3 is 2.48 bits per heavy atom. The van der Waals surface area contributed by atoms with E-state index in [0.29, 0.717) is 38.3 Å². The molecule has 1 saturated heterocycles. The predicted molar refractivity (Wildman–Crippen MR) is 150 cm³/mol. The molecule has 0 bridgehead atoms. The summed E-state index contributed by atoms with van der Waals surface area (Å²) in [7, 11) is 0. The van der Waals surface area contributed by atoms with E-state index in [0.717, 1.165) is 24.8 Å². The molecule has 1 heterocycles. The molecule has 2 N–H and O–H groups in total. The van der Waals surface area contributed by atoms with Crippen molar-refractivity contribution in [1.29, 1.82) is 0 Å². The fourth-order valence-corrected chi connectivity index (χ4v) is 4.65. The first-order valence-electron chi connectivity index (χ1n) is 14.4. The number of nitrogens with zero attached hydrogens (tertiary/aromatic N) is 1. The molecule has 0 spiro atoms. The molecule has 1 aromatic carbocycles. The number of piperidine rings is 1. The van der Waals surface area contributed by atoms with E-state index in [1.165, 1.54) is 6.92 Å². The van der Waals surface area contributed by atoms with Gasteiger partial charge >= 0.3 is 5.97 Å². The standard InChI is InChI=1S/C30H45N3O7/c1-4-23(5-2)13-14-27(35)33-16-9-12-25(19-33)29(37)32-26(30(38)31-15-17-39-20-22(3)34)18-28(36)40-21-24-10-7-6-8-11-24/h6-8,10-11,23,25-26H,4-5,9,12-21H2,1-3H3,(H,31,38)(H,32,37)/t25-,26+/m1/s1. The molecular formula is C30H45N3O7. The zero-order valence-electron chi connectivity index (χ0n) is 24.1. The number of hydrogen-bond donors (Lipinski definition) is 2. The lowest BCUT2D eigenvalue weighted by molar-refractivity contribution is -0.147. The van der Waals surface area contributed by atoms with Crippen LogP contribution in [0.5, 0.6) is 0 Å². The second kappa shape index (κ2) is 18.1. The fourth-order valence-electron chi connectivity index (χ4n) is 4.65. The van der Waals surface area contributed by atoms with Gasteiger partial charge in [-0.25, -0.2) is 0 Å². The van der Waals surface area contributed by atoms with E-state index in [9.17, 15) is 24.0 Å². The first-order valence-corrected chi connectivity index (χ1v) is 14.4. The zero-order chi connectivity index (χ0) is 29.3. The van der Waals surface area contributed by atoms with Gasteiger partial charge in [0.15, 0.2) is 5.78 Å². The molecular weight excluding hydrogens is 514 g/mol. The van der Waals surface area contributed by atoms with Crippen LogP contribution in [0.1, 0.15) is 71.3 Å². The van der Waals surface area contributed by atoms with Crippen LogP contribution >= 0.6 is 0 Å². The quantitative estimate of drug-likeness (QED) is 0.222. The van der Waals surface area contributed by atoms with Crippen LogP contribution in [0, 0.1) is 11.8 Å². The predicted octanol–water partition coefficient (Wildman–Crippen LogP) is 2.78. The maximum absolute atomic E-state index is 13.2. The summed E-state index contributed by atoms with van der Waals surface area (Å²) in [6, 6.07) is 8.01. The number of nitrogens with one attached hydrogen (secondary N) is 2. The van der Waals surface area contributed by atoms with Crippen molar-refractivity contribution in [2.75, 3.05) is 32.8 Å². The maximum atomic E-state index is 13.2. The molecule has 1 aliphatic rings. The molecule has 0 saturated carbocycles. The average molecular weight is 560 g/mol. The van der Waals surface area contributed by atoms with Crippen LogP contribution in [0.15, 0.2) is 30.3 Å². The highest BCUT2D eigenvalue weighted by atomic mass is 16.5. The number of esters is 1. The Kier molecular flexibility index (Phi) is 14.9. The van der Waals surface area contributed by atoms with Gasteiger partial charge in [0.2, 0.25) is 17.7 Å². The summed E-state index contributed by atoms with van der Waals surface area (Å²) < 4.78 is 10.5. The van der Waals surface area contributed by atoms with Crippen molar-refractivity contribution in [2.45, 2.75) is 78.4 Å². The number of hydrogen-bond acceptors (Lipinski definition) is 7. The van der Waals surface area contributed by atoms with Gasteiger partial charge in [-0.3, -0.25) is 24.0 Å². The van der Waals surface area contributed by atoms with Gasteiger partial charge in [0.05, 0.1) is 18.9 Å². The topological polar surface area (TPSA) is 131 Å². The molecule has 0 unspecified atom stereocenters. The smallest absolute Gasteiger partial charge is 0.308 e. The molecule has 1 aliphatic heterocycles. The molecule has 10 heteroatoms. The summed E-state index contributed by atoms with van der Waals surface area (Å²) in [6.45, 7) is 6.78. The van der Waals surface area contributed by atoms with Crippen molar-refractivity contribution < 1.29 is 33.4 Å². The molecule has 0 radical (unpaired) electrons. The average Bonchev–Trinajstić information content (AvgIpc) is 2.96. The van der Waals surface area contributed by atoms with Crippen molar-refractivity contribution in [3.63, 3.8) is 0 Å². The van der Waals surface area contributed by atoms with Crippen LogP contribution < -0.4 is 10.6 Å². The number of amides is 3. The number of carbonyl (C=O) groups is 5. The Balaban J connectivity index is 1.96. The van der Waals surface area contributed by atoms with Crippen LogP contribution in [0.3, 0.4) is 0 Å². The number of likely N-dealkylation sites (tertiary alicyclic amines) is 1. The molecule has 3 amide bonds. The minimum Gasteiger partial charge on any atom is -0.461 e. The summed E-state index contributed by atoms with van der Waals surface area (Å²) >= 11 is 0. The van der Waals surface area contributed by atoms with Gasteiger partial charge in [-0.2, -0.15) is 0 Å². The summed E-state index contributed by atoms with van der Waals surface area (Å²) in [4.78, 5) is 64.3. The van der Waals surface area contributed by atoms with Crippen molar-refractivity contribution in [3.8, 4) is 0 Å². The number of rotatable bonds is 17. The molecule has 40 heavy (non-hydrogen) atoms. The molecule has 2 atom stereocenters. The summed E-state index contributed by atoms with van der Waals surface area (Å²) in [5.41, 5.74) is 0.805. The normalized spacial score (nSPS) is 15.8. The van der Waals surface area contributed by atoms with Crippen LogP contribution in [-0.4, -0.2) is 73.3 Å².